The second kappa shape index (κ2) is 4.78. The molecule has 0 atom stereocenters. The first-order chi connectivity index (χ1) is 6.60. The normalized spacial score (nSPS) is 18.4. The molecule has 0 heterocycles. The van der Waals surface area contributed by atoms with Crippen LogP contribution in [0.25, 0.3) is 0 Å². The van der Waals surface area contributed by atoms with E-state index >= 15 is 0 Å². The summed E-state index contributed by atoms with van der Waals surface area (Å²) in [7, 11) is 0. The minimum Gasteiger partial charge on any atom is -0.466 e. The minimum atomic E-state index is -0.422. The number of rotatable bonds is 5. The smallest absolute Gasteiger partial charge is 0.305 e. The summed E-state index contributed by atoms with van der Waals surface area (Å²) in [6.45, 7) is 2.16. The summed E-state index contributed by atoms with van der Waals surface area (Å²) in [5.74, 6) is -0.239. The summed E-state index contributed by atoms with van der Waals surface area (Å²) in [6, 6.07) is 0. The fourth-order valence-corrected chi connectivity index (χ4v) is 2.01. The predicted molar refractivity (Wildman–Crippen MR) is 53.0 cm³/mol. The van der Waals surface area contributed by atoms with E-state index in [4.69, 9.17) is 16.3 Å². The number of ether oxygens (including phenoxy) is 1. The monoisotopic (exact) mass is 218 g/mol. The van der Waals surface area contributed by atoms with E-state index in [0.29, 0.717) is 19.4 Å². The average molecular weight is 219 g/mol. The fraction of sp³-hybridized carbons (Fsp3) is 0.800. The van der Waals surface area contributed by atoms with Gasteiger partial charge >= 0.3 is 5.97 Å². The molecular weight excluding hydrogens is 204 g/mol. The molecule has 14 heavy (non-hydrogen) atoms. The van der Waals surface area contributed by atoms with Crippen LogP contribution in [0.2, 0.25) is 0 Å². The van der Waals surface area contributed by atoms with Gasteiger partial charge in [0.1, 0.15) is 0 Å². The highest BCUT2D eigenvalue weighted by Crippen LogP contribution is 2.46. The van der Waals surface area contributed by atoms with Crippen LogP contribution in [0.1, 0.15) is 39.0 Å². The molecule has 0 bridgehead atoms. The minimum absolute atomic E-state index is 0.239. The van der Waals surface area contributed by atoms with Crippen molar-refractivity contribution < 1.29 is 14.3 Å². The van der Waals surface area contributed by atoms with Gasteiger partial charge in [-0.15, -0.1) is 0 Å². The zero-order valence-corrected chi connectivity index (χ0v) is 9.10. The van der Waals surface area contributed by atoms with Gasteiger partial charge in [-0.1, -0.05) is 6.42 Å². The third-order valence-corrected chi connectivity index (χ3v) is 3.24. The van der Waals surface area contributed by atoms with E-state index in [1.54, 1.807) is 6.92 Å². The van der Waals surface area contributed by atoms with Gasteiger partial charge < -0.3 is 4.74 Å². The lowest BCUT2D eigenvalue weighted by Gasteiger charge is -2.38. The topological polar surface area (TPSA) is 43.4 Å². The van der Waals surface area contributed by atoms with Crippen LogP contribution in [0.15, 0.2) is 0 Å². The van der Waals surface area contributed by atoms with E-state index in [1.165, 1.54) is 0 Å². The summed E-state index contributed by atoms with van der Waals surface area (Å²) in [5.41, 5.74) is -0.422. The lowest BCUT2D eigenvalue weighted by atomic mass is 9.67. The fourth-order valence-electron chi connectivity index (χ4n) is 1.72. The van der Waals surface area contributed by atoms with E-state index in [-0.39, 0.29) is 11.2 Å². The van der Waals surface area contributed by atoms with Gasteiger partial charge in [0.2, 0.25) is 5.24 Å². The first-order valence-corrected chi connectivity index (χ1v) is 5.34. The molecule has 4 heteroatoms. The van der Waals surface area contributed by atoms with Gasteiger partial charge in [0, 0.05) is 11.8 Å². The van der Waals surface area contributed by atoms with E-state index in [9.17, 15) is 9.59 Å². The van der Waals surface area contributed by atoms with Crippen molar-refractivity contribution in [2.75, 3.05) is 6.61 Å². The molecule has 0 aliphatic heterocycles. The van der Waals surface area contributed by atoms with E-state index in [0.717, 1.165) is 19.3 Å². The van der Waals surface area contributed by atoms with Crippen molar-refractivity contribution >= 4 is 22.8 Å². The van der Waals surface area contributed by atoms with Crippen molar-refractivity contribution in [1.82, 2.24) is 0 Å². The van der Waals surface area contributed by atoms with E-state index in [1.807, 2.05) is 0 Å². The number of carbonyl (C=O) groups is 2. The third-order valence-electron chi connectivity index (χ3n) is 2.84. The molecule has 1 fully saturated rings. The highest BCUT2D eigenvalue weighted by molar-refractivity contribution is 6.64. The molecule has 0 aromatic rings. The zero-order valence-electron chi connectivity index (χ0n) is 8.35. The average Bonchev–Trinajstić information content (AvgIpc) is 2.02. The Labute approximate surface area is 88.8 Å². The van der Waals surface area contributed by atoms with Gasteiger partial charge in [0.05, 0.1) is 6.61 Å². The molecule has 3 nitrogen and oxygen atoms in total. The quantitative estimate of drug-likeness (QED) is 0.525. The Bertz CT molecular complexity index is 234. The van der Waals surface area contributed by atoms with Crippen molar-refractivity contribution in [2.45, 2.75) is 39.0 Å². The molecule has 1 aliphatic carbocycles. The third kappa shape index (κ3) is 2.47. The highest BCUT2D eigenvalue weighted by atomic mass is 35.5. The van der Waals surface area contributed by atoms with Crippen molar-refractivity contribution in [2.24, 2.45) is 5.41 Å². The van der Waals surface area contributed by atoms with E-state index in [2.05, 4.69) is 0 Å². The van der Waals surface area contributed by atoms with E-state index < -0.39 is 5.41 Å². The molecule has 0 unspecified atom stereocenters. The Morgan fingerprint density at radius 1 is 1.43 bits per heavy atom. The van der Waals surface area contributed by atoms with Crippen LogP contribution < -0.4 is 0 Å². The van der Waals surface area contributed by atoms with Crippen LogP contribution in [0.5, 0.6) is 0 Å². The number of hydrogen-bond donors (Lipinski definition) is 0. The maximum atomic E-state index is 11.1. The second-order valence-corrected chi connectivity index (χ2v) is 4.06. The molecule has 0 aromatic heterocycles. The standard InChI is InChI=1S/C10H15ClO3/c1-2-14-8(12)4-7-10(9(11)13)5-3-6-10/h2-7H2,1H3. The molecule has 1 rings (SSSR count). The maximum absolute atomic E-state index is 11.1. The number of hydrogen-bond acceptors (Lipinski definition) is 3. The first kappa shape index (κ1) is 11.5. The van der Waals surface area contributed by atoms with Crippen LogP contribution in [0.3, 0.4) is 0 Å². The van der Waals surface area contributed by atoms with Crippen molar-refractivity contribution in [3.05, 3.63) is 0 Å². The highest BCUT2D eigenvalue weighted by Gasteiger charge is 2.42. The molecular formula is C10H15ClO3. The Morgan fingerprint density at radius 3 is 2.43 bits per heavy atom. The van der Waals surface area contributed by atoms with Crippen molar-refractivity contribution in [3.63, 3.8) is 0 Å². The first-order valence-electron chi connectivity index (χ1n) is 4.96. The lowest BCUT2D eigenvalue weighted by Crippen LogP contribution is -2.35. The summed E-state index contributed by atoms with van der Waals surface area (Å²) >= 11 is 5.51. The van der Waals surface area contributed by atoms with Gasteiger partial charge in [-0.05, 0) is 37.8 Å². The Balaban J connectivity index is 2.35. The summed E-state index contributed by atoms with van der Waals surface area (Å²) < 4.78 is 4.79. The van der Waals surface area contributed by atoms with Crippen LogP contribution >= 0.6 is 11.6 Å². The number of halogens is 1. The Hall–Kier alpha value is -0.570. The Morgan fingerprint density at radius 2 is 2.07 bits per heavy atom. The molecule has 80 valence electrons. The van der Waals surface area contributed by atoms with Crippen molar-refractivity contribution in [3.8, 4) is 0 Å². The molecule has 0 amide bonds. The predicted octanol–water partition coefficient (Wildman–Crippen LogP) is 2.27. The molecule has 0 spiro atoms. The number of carbonyl (C=O) groups excluding carboxylic acids is 2. The lowest BCUT2D eigenvalue weighted by molar-refractivity contribution is -0.144. The van der Waals surface area contributed by atoms with Gasteiger partial charge in [0.15, 0.2) is 0 Å². The molecule has 0 radical (unpaired) electrons. The summed E-state index contributed by atoms with van der Waals surface area (Å²) in [5, 5.41) is -0.298. The van der Waals surface area contributed by atoms with Gasteiger partial charge in [0.25, 0.3) is 0 Å². The SMILES string of the molecule is CCOC(=O)CCC1(C(=O)Cl)CCC1. The molecule has 0 aromatic carbocycles. The van der Waals surface area contributed by atoms with Gasteiger partial charge in [-0.3, -0.25) is 9.59 Å². The summed E-state index contributed by atoms with van der Waals surface area (Å²) in [6.07, 6.45) is 3.49. The molecule has 1 aliphatic rings. The van der Waals surface area contributed by atoms with Crippen molar-refractivity contribution in [1.29, 1.82) is 0 Å². The second-order valence-electron chi connectivity index (χ2n) is 3.71. The van der Waals surface area contributed by atoms with Gasteiger partial charge in [-0.2, -0.15) is 0 Å². The summed E-state index contributed by atoms with van der Waals surface area (Å²) in [4.78, 5) is 22.2. The largest absolute Gasteiger partial charge is 0.466 e. The zero-order chi connectivity index (χ0) is 10.6. The maximum Gasteiger partial charge on any atom is 0.305 e. The number of esters is 1. The van der Waals surface area contributed by atoms with Crippen LogP contribution in [-0.2, 0) is 14.3 Å². The van der Waals surface area contributed by atoms with Crippen LogP contribution in [0, 0.1) is 5.41 Å². The molecule has 1 saturated carbocycles. The Kier molecular flexibility index (Phi) is 3.93. The molecule has 0 saturated heterocycles. The van der Waals surface area contributed by atoms with Gasteiger partial charge in [-0.25, -0.2) is 0 Å². The van der Waals surface area contributed by atoms with Crippen LogP contribution in [0.4, 0.5) is 0 Å². The van der Waals surface area contributed by atoms with Crippen LogP contribution in [-0.4, -0.2) is 17.8 Å². The molecule has 0 N–H and O–H groups in total.